The standard InChI is InChI=1S/C16H15FN2O3S/c17-11-5-1-3-7-13(11)22-9-16(21)19-12-6-2-4-8-14(12)23-10-15(18)20/h1-8H,9-10H2,(H2,18,20)(H,19,21). The number of ether oxygens (including phenoxy) is 1. The van der Waals surface area contributed by atoms with Gasteiger partial charge in [0.15, 0.2) is 18.2 Å². The van der Waals surface area contributed by atoms with E-state index in [0.717, 1.165) is 0 Å². The van der Waals surface area contributed by atoms with Gasteiger partial charge in [0.2, 0.25) is 5.91 Å². The lowest BCUT2D eigenvalue weighted by Gasteiger charge is -2.11. The topological polar surface area (TPSA) is 81.4 Å². The van der Waals surface area contributed by atoms with E-state index in [1.165, 1.54) is 30.0 Å². The van der Waals surface area contributed by atoms with Crippen molar-refractivity contribution in [2.45, 2.75) is 4.90 Å². The number of amides is 2. The quantitative estimate of drug-likeness (QED) is 0.762. The molecule has 2 amide bonds. The summed E-state index contributed by atoms with van der Waals surface area (Å²) in [5.41, 5.74) is 5.66. The molecule has 0 saturated heterocycles. The Hall–Kier alpha value is -2.54. The highest BCUT2D eigenvalue weighted by Gasteiger charge is 2.10. The van der Waals surface area contributed by atoms with Gasteiger partial charge in [-0.15, -0.1) is 11.8 Å². The molecule has 23 heavy (non-hydrogen) atoms. The van der Waals surface area contributed by atoms with Gasteiger partial charge in [0.25, 0.3) is 5.91 Å². The van der Waals surface area contributed by atoms with Gasteiger partial charge in [-0.1, -0.05) is 24.3 Å². The first-order valence-electron chi connectivity index (χ1n) is 6.73. The minimum atomic E-state index is -0.530. The number of hydrogen-bond donors (Lipinski definition) is 2. The number of halogens is 1. The Morgan fingerprint density at radius 3 is 2.57 bits per heavy atom. The zero-order chi connectivity index (χ0) is 16.7. The molecule has 0 heterocycles. The molecule has 0 unspecified atom stereocenters. The third kappa shape index (κ3) is 5.30. The lowest BCUT2D eigenvalue weighted by Crippen LogP contribution is -2.21. The van der Waals surface area contributed by atoms with E-state index in [-0.39, 0.29) is 18.1 Å². The van der Waals surface area contributed by atoms with Crippen LogP contribution in [0.1, 0.15) is 0 Å². The van der Waals surface area contributed by atoms with Crippen LogP contribution < -0.4 is 15.8 Å². The van der Waals surface area contributed by atoms with E-state index < -0.39 is 17.6 Å². The van der Waals surface area contributed by atoms with Crippen molar-refractivity contribution in [3.05, 3.63) is 54.3 Å². The average Bonchev–Trinajstić information content (AvgIpc) is 2.53. The Bertz CT molecular complexity index is 709. The van der Waals surface area contributed by atoms with E-state index in [9.17, 15) is 14.0 Å². The van der Waals surface area contributed by atoms with Gasteiger partial charge >= 0.3 is 0 Å². The number of rotatable bonds is 7. The number of carbonyl (C=O) groups is 2. The van der Waals surface area contributed by atoms with E-state index in [1.54, 1.807) is 30.3 Å². The maximum Gasteiger partial charge on any atom is 0.262 e. The van der Waals surface area contributed by atoms with E-state index in [2.05, 4.69) is 5.32 Å². The second-order valence-electron chi connectivity index (χ2n) is 4.52. The first kappa shape index (κ1) is 16.8. The summed E-state index contributed by atoms with van der Waals surface area (Å²) < 4.78 is 18.5. The summed E-state index contributed by atoms with van der Waals surface area (Å²) in [6.07, 6.45) is 0. The van der Waals surface area contributed by atoms with Crippen molar-refractivity contribution in [3.63, 3.8) is 0 Å². The Morgan fingerprint density at radius 1 is 1.13 bits per heavy atom. The summed E-state index contributed by atoms with van der Waals surface area (Å²) in [5.74, 6) is -1.28. The van der Waals surface area contributed by atoms with Crippen molar-refractivity contribution in [2.75, 3.05) is 17.7 Å². The molecule has 0 aromatic heterocycles. The van der Waals surface area contributed by atoms with Crippen LogP contribution in [-0.2, 0) is 9.59 Å². The number of anilines is 1. The van der Waals surface area contributed by atoms with Gasteiger partial charge in [-0.3, -0.25) is 9.59 Å². The Morgan fingerprint density at radius 2 is 1.83 bits per heavy atom. The fraction of sp³-hybridized carbons (Fsp3) is 0.125. The van der Waals surface area contributed by atoms with Crippen LogP contribution in [0, 0.1) is 5.82 Å². The number of nitrogens with two attached hydrogens (primary N) is 1. The van der Waals surface area contributed by atoms with Crippen LogP contribution in [-0.4, -0.2) is 24.2 Å². The van der Waals surface area contributed by atoms with Crippen LogP contribution in [0.5, 0.6) is 5.75 Å². The molecule has 0 fully saturated rings. The predicted molar refractivity (Wildman–Crippen MR) is 86.9 cm³/mol. The van der Waals surface area contributed by atoms with E-state index in [0.29, 0.717) is 10.6 Å². The zero-order valence-electron chi connectivity index (χ0n) is 12.1. The molecule has 0 spiro atoms. The van der Waals surface area contributed by atoms with E-state index in [1.807, 2.05) is 0 Å². The maximum absolute atomic E-state index is 13.4. The zero-order valence-corrected chi connectivity index (χ0v) is 12.9. The van der Waals surface area contributed by atoms with Crippen molar-refractivity contribution in [2.24, 2.45) is 5.73 Å². The number of primary amides is 1. The minimum Gasteiger partial charge on any atom is -0.481 e. The summed E-state index contributed by atoms with van der Waals surface area (Å²) in [6, 6.07) is 12.9. The van der Waals surface area contributed by atoms with Crippen molar-refractivity contribution in [1.29, 1.82) is 0 Å². The van der Waals surface area contributed by atoms with Crippen molar-refractivity contribution in [3.8, 4) is 5.75 Å². The summed E-state index contributed by atoms with van der Waals surface area (Å²) in [6.45, 7) is -0.324. The van der Waals surface area contributed by atoms with Gasteiger partial charge in [-0.2, -0.15) is 0 Å². The van der Waals surface area contributed by atoms with Crippen LogP contribution in [0.2, 0.25) is 0 Å². The highest BCUT2D eigenvalue weighted by Crippen LogP contribution is 2.26. The largest absolute Gasteiger partial charge is 0.481 e. The molecular formula is C16H15FN2O3S. The number of carbonyl (C=O) groups excluding carboxylic acids is 2. The lowest BCUT2D eigenvalue weighted by molar-refractivity contribution is -0.118. The van der Waals surface area contributed by atoms with Crippen LogP contribution in [0.25, 0.3) is 0 Å². The molecular weight excluding hydrogens is 319 g/mol. The second kappa shape index (κ2) is 8.19. The highest BCUT2D eigenvalue weighted by molar-refractivity contribution is 8.00. The number of benzene rings is 2. The molecule has 0 radical (unpaired) electrons. The van der Waals surface area contributed by atoms with Crippen LogP contribution in [0.15, 0.2) is 53.4 Å². The molecule has 0 aliphatic carbocycles. The first-order chi connectivity index (χ1) is 11.1. The summed E-state index contributed by atoms with van der Waals surface area (Å²) in [7, 11) is 0. The monoisotopic (exact) mass is 334 g/mol. The molecule has 2 aromatic carbocycles. The number of nitrogens with one attached hydrogen (secondary N) is 1. The van der Waals surface area contributed by atoms with Crippen molar-refractivity contribution < 1.29 is 18.7 Å². The lowest BCUT2D eigenvalue weighted by atomic mass is 10.3. The van der Waals surface area contributed by atoms with Gasteiger partial charge in [-0.25, -0.2) is 4.39 Å². The molecule has 2 aromatic rings. The fourth-order valence-corrected chi connectivity index (χ4v) is 2.48. The van der Waals surface area contributed by atoms with Crippen LogP contribution in [0.3, 0.4) is 0 Å². The minimum absolute atomic E-state index is 0.0130. The van der Waals surface area contributed by atoms with Crippen LogP contribution in [0.4, 0.5) is 10.1 Å². The van der Waals surface area contributed by atoms with Crippen LogP contribution >= 0.6 is 11.8 Å². The maximum atomic E-state index is 13.4. The van der Waals surface area contributed by atoms with Crippen molar-refractivity contribution in [1.82, 2.24) is 0 Å². The van der Waals surface area contributed by atoms with E-state index >= 15 is 0 Å². The molecule has 0 aliphatic heterocycles. The predicted octanol–water partition coefficient (Wildman–Crippen LogP) is 2.42. The smallest absolute Gasteiger partial charge is 0.262 e. The highest BCUT2D eigenvalue weighted by atomic mass is 32.2. The number of thioether (sulfide) groups is 1. The normalized spacial score (nSPS) is 10.1. The second-order valence-corrected chi connectivity index (χ2v) is 5.54. The Balaban J connectivity index is 1.95. The van der Waals surface area contributed by atoms with Gasteiger partial charge in [0.1, 0.15) is 0 Å². The molecule has 0 aliphatic rings. The van der Waals surface area contributed by atoms with Crippen molar-refractivity contribution >= 4 is 29.3 Å². The summed E-state index contributed by atoms with van der Waals surface area (Å²) >= 11 is 1.22. The summed E-state index contributed by atoms with van der Waals surface area (Å²) in [4.78, 5) is 23.5. The third-order valence-corrected chi connectivity index (χ3v) is 3.82. The van der Waals surface area contributed by atoms with Gasteiger partial charge in [0, 0.05) is 4.90 Å². The molecule has 0 bridgehead atoms. The SMILES string of the molecule is NC(=O)CSc1ccccc1NC(=O)COc1ccccc1F. The molecule has 3 N–H and O–H groups in total. The van der Waals surface area contributed by atoms with Gasteiger partial charge < -0.3 is 15.8 Å². The molecule has 0 atom stereocenters. The number of para-hydroxylation sites is 2. The Labute approximate surface area is 137 Å². The molecule has 0 saturated carbocycles. The van der Waals surface area contributed by atoms with Gasteiger partial charge in [-0.05, 0) is 24.3 Å². The van der Waals surface area contributed by atoms with E-state index in [4.69, 9.17) is 10.5 Å². The summed E-state index contributed by atoms with van der Waals surface area (Å²) in [5, 5.41) is 2.66. The third-order valence-electron chi connectivity index (χ3n) is 2.73. The molecule has 5 nitrogen and oxygen atoms in total. The molecule has 2 rings (SSSR count). The average molecular weight is 334 g/mol. The number of hydrogen-bond acceptors (Lipinski definition) is 4. The molecule has 120 valence electrons. The molecule has 7 heteroatoms. The Kier molecular flexibility index (Phi) is 5.99. The first-order valence-corrected chi connectivity index (χ1v) is 7.72. The fourth-order valence-electron chi connectivity index (χ4n) is 1.74. The van der Waals surface area contributed by atoms with Gasteiger partial charge in [0.05, 0.1) is 11.4 Å².